The molecular weight excluding hydrogens is 353 g/mol. The number of unbranched alkanes of at least 4 members (excludes halogenated alkanes) is 2. The lowest BCUT2D eigenvalue weighted by Gasteiger charge is -2.16. The smallest absolute Gasteiger partial charge is 0.306 e. The number of aromatic nitrogens is 1. The van der Waals surface area contributed by atoms with Crippen molar-refractivity contribution in [2.24, 2.45) is 0 Å². The van der Waals surface area contributed by atoms with Crippen LogP contribution in [-0.2, 0) is 17.4 Å². The highest BCUT2D eigenvalue weighted by Crippen LogP contribution is 2.31. The first-order chi connectivity index (χ1) is 12.8. The molecule has 0 spiro atoms. The maximum atomic E-state index is 12.8. The number of pyridine rings is 1. The van der Waals surface area contributed by atoms with Crippen LogP contribution in [0.5, 0.6) is 0 Å². The third kappa shape index (κ3) is 6.94. The molecule has 1 heterocycles. The third-order valence-corrected chi connectivity index (χ3v) is 4.71. The molecule has 0 saturated carbocycles. The van der Waals surface area contributed by atoms with E-state index in [1.807, 2.05) is 6.07 Å². The molecule has 27 heavy (non-hydrogen) atoms. The van der Waals surface area contributed by atoms with Crippen molar-refractivity contribution < 1.29 is 18.0 Å². The minimum absolute atomic E-state index is 0.232. The number of carbonyl (C=O) groups excluding carboxylic acids is 1. The Morgan fingerprint density at radius 3 is 2.52 bits per heavy atom. The highest BCUT2D eigenvalue weighted by atomic mass is 19.4. The molecule has 0 aliphatic carbocycles. The van der Waals surface area contributed by atoms with Gasteiger partial charge in [-0.25, -0.2) is 0 Å². The van der Waals surface area contributed by atoms with E-state index in [2.05, 4.69) is 16.9 Å². The summed E-state index contributed by atoms with van der Waals surface area (Å²) in [6.45, 7) is 3.53. The quantitative estimate of drug-likeness (QED) is 0.527. The topological polar surface area (TPSA) is 33.2 Å². The van der Waals surface area contributed by atoms with Gasteiger partial charge in [0.1, 0.15) is 5.78 Å². The van der Waals surface area contributed by atoms with Crippen LogP contribution in [0.3, 0.4) is 0 Å². The Bertz CT molecular complexity index is 759. The lowest BCUT2D eigenvalue weighted by Crippen LogP contribution is -2.21. The normalized spacial score (nSPS) is 12.1. The maximum absolute atomic E-state index is 12.8. The molecule has 0 aliphatic rings. The predicted molar refractivity (Wildman–Crippen MR) is 102 cm³/mol. The number of nitrogens with zero attached hydrogens (tertiary/aromatic N) is 2. The number of fused-ring (bicyclic) bond motifs is 1. The van der Waals surface area contributed by atoms with Crippen molar-refractivity contribution in [2.75, 3.05) is 20.1 Å². The van der Waals surface area contributed by atoms with Gasteiger partial charge in [-0.15, -0.1) is 0 Å². The Morgan fingerprint density at radius 2 is 1.81 bits per heavy atom. The average molecular weight is 380 g/mol. The highest BCUT2D eigenvalue weighted by molar-refractivity contribution is 5.82. The Labute approximate surface area is 158 Å². The Morgan fingerprint density at radius 1 is 1.07 bits per heavy atom. The van der Waals surface area contributed by atoms with Gasteiger partial charge in [0.2, 0.25) is 0 Å². The number of rotatable bonds is 10. The SMILES string of the molecule is CC(=O)CCCN(C)CCCCCc1ccnc2cc(C(F)(F)F)ccc12. The van der Waals surface area contributed by atoms with Gasteiger partial charge in [0.15, 0.2) is 0 Å². The van der Waals surface area contributed by atoms with Gasteiger partial charge in [0.05, 0.1) is 11.1 Å². The molecular formula is C21H27F3N2O. The Balaban J connectivity index is 1.81. The molecule has 6 heteroatoms. The van der Waals surface area contributed by atoms with E-state index in [0.717, 1.165) is 68.3 Å². The van der Waals surface area contributed by atoms with Crippen molar-refractivity contribution in [3.63, 3.8) is 0 Å². The molecule has 1 aromatic carbocycles. The van der Waals surface area contributed by atoms with Gasteiger partial charge >= 0.3 is 6.18 Å². The van der Waals surface area contributed by atoms with E-state index in [0.29, 0.717) is 11.9 Å². The van der Waals surface area contributed by atoms with Crippen LogP contribution in [0, 0.1) is 0 Å². The van der Waals surface area contributed by atoms with E-state index in [4.69, 9.17) is 0 Å². The number of ketones is 1. The standard InChI is InChI=1S/C21H27F3N2O/c1-16(27)7-6-14-26(2)13-5-3-4-8-17-11-12-25-20-15-18(21(22,23)24)9-10-19(17)20/h9-12,15H,3-8,13-14H2,1-2H3. The van der Waals surface area contributed by atoms with Crippen LogP contribution in [0.15, 0.2) is 30.5 Å². The Kier molecular flexibility index (Phi) is 7.78. The van der Waals surface area contributed by atoms with Gasteiger partial charge in [-0.1, -0.05) is 12.5 Å². The lowest BCUT2D eigenvalue weighted by molar-refractivity contribution is -0.137. The van der Waals surface area contributed by atoms with Crippen LogP contribution < -0.4 is 0 Å². The first-order valence-corrected chi connectivity index (χ1v) is 9.40. The second kappa shape index (κ2) is 9.83. The fourth-order valence-electron chi connectivity index (χ4n) is 3.19. The summed E-state index contributed by atoms with van der Waals surface area (Å²) in [6.07, 6.45) is 2.71. The molecule has 0 bridgehead atoms. The van der Waals surface area contributed by atoms with Crippen molar-refractivity contribution in [2.45, 2.75) is 51.6 Å². The third-order valence-electron chi connectivity index (χ3n) is 4.71. The molecule has 0 N–H and O–H groups in total. The predicted octanol–water partition coefficient (Wildman–Crippen LogP) is 5.27. The van der Waals surface area contributed by atoms with Gasteiger partial charge in [0, 0.05) is 18.0 Å². The monoisotopic (exact) mass is 380 g/mol. The van der Waals surface area contributed by atoms with Crippen molar-refractivity contribution in [1.82, 2.24) is 9.88 Å². The summed E-state index contributed by atoms with van der Waals surface area (Å²) in [4.78, 5) is 17.3. The first kappa shape index (κ1) is 21.4. The van der Waals surface area contributed by atoms with Crippen LogP contribution in [0.25, 0.3) is 10.9 Å². The lowest BCUT2D eigenvalue weighted by atomic mass is 10.0. The molecule has 3 nitrogen and oxygen atoms in total. The van der Waals surface area contributed by atoms with Gasteiger partial charge in [-0.3, -0.25) is 4.98 Å². The van der Waals surface area contributed by atoms with Crippen LogP contribution in [-0.4, -0.2) is 35.8 Å². The van der Waals surface area contributed by atoms with Gasteiger partial charge in [-0.2, -0.15) is 13.2 Å². The number of Topliss-reactive ketones (excluding diaryl/α,β-unsaturated/α-hetero) is 1. The fourth-order valence-corrected chi connectivity index (χ4v) is 3.19. The molecule has 2 rings (SSSR count). The van der Waals surface area contributed by atoms with Gasteiger partial charge in [-0.05, 0) is 76.5 Å². The minimum atomic E-state index is -4.34. The number of hydrogen-bond donors (Lipinski definition) is 0. The average Bonchev–Trinajstić information content (AvgIpc) is 2.60. The number of alkyl halides is 3. The van der Waals surface area contributed by atoms with Crippen LogP contribution in [0.1, 0.15) is 50.2 Å². The van der Waals surface area contributed by atoms with Crippen molar-refractivity contribution in [1.29, 1.82) is 0 Å². The maximum Gasteiger partial charge on any atom is 0.416 e. The number of halogens is 3. The first-order valence-electron chi connectivity index (χ1n) is 9.40. The number of aryl methyl sites for hydroxylation is 1. The molecule has 0 amide bonds. The zero-order chi connectivity index (χ0) is 19.9. The van der Waals surface area contributed by atoms with Crippen LogP contribution in [0.2, 0.25) is 0 Å². The molecule has 1 aromatic heterocycles. The van der Waals surface area contributed by atoms with Gasteiger partial charge in [0.25, 0.3) is 0 Å². The molecule has 0 radical (unpaired) electrons. The van der Waals surface area contributed by atoms with Crippen LogP contribution in [0.4, 0.5) is 13.2 Å². The Hall–Kier alpha value is -1.95. The summed E-state index contributed by atoms with van der Waals surface area (Å²) in [5, 5.41) is 0.798. The van der Waals surface area contributed by atoms with E-state index in [1.165, 1.54) is 6.07 Å². The second-order valence-corrected chi connectivity index (χ2v) is 7.12. The van der Waals surface area contributed by atoms with Crippen molar-refractivity contribution in [3.05, 3.63) is 41.6 Å². The molecule has 0 fully saturated rings. The molecule has 0 atom stereocenters. The summed E-state index contributed by atoms with van der Waals surface area (Å²) in [7, 11) is 2.06. The number of benzene rings is 1. The molecule has 0 aliphatic heterocycles. The van der Waals surface area contributed by atoms with E-state index in [9.17, 15) is 18.0 Å². The summed E-state index contributed by atoms with van der Waals surface area (Å²) in [5.41, 5.74) is 0.781. The minimum Gasteiger partial charge on any atom is -0.306 e. The van der Waals surface area contributed by atoms with E-state index in [1.54, 1.807) is 13.1 Å². The highest BCUT2D eigenvalue weighted by Gasteiger charge is 2.30. The number of carbonyl (C=O) groups is 1. The summed E-state index contributed by atoms with van der Waals surface area (Å²) >= 11 is 0. The van der Waals surface area contributed by atoms with E-state index < -0.39 is 11.7 Å². The fraction of sp³-hybridized carbons (Fsp3) is 0.524. The van der Waals surface area contributed by atoms with Crippen molar-refractivity contribution >= 4 is 16.7 Å². The second-order valence-electron chi connectivity index (χ2n) is 7.12. The summed E-state index contributed by atoms with van der Waals surface area (Å²) in [5.74, 6) is 0.232. The zero-order valence-corrected chi connectivity index (χ0v) is 16.0. The summed E-state index contributed by atoms with van der Waals surface area (Å²) in [6, 6.07) is 5.67. The zero-order valence-electron chi connectivity index (χ0n) is 16.0. The summed E-state index contributed by atoms with van der Waals surface area (Å²) < 4.78 is 38.5. The largest absolute Gasteiger partial charge is 0.416 e. The van der Waals surface area contributed by atoms with E-state index in [-0.39, 0.29) is 5.78 Å². The van der Waals surface area contributed by atoms with Crippen molar-refractivity contribution in [3.8, 4) is 0 Å². The molecule has 148 valence electrons. The van der Waals surface area contributed by atoms with Crippen LogP contribution >= 0.6 is 0 Å². The molecule has 0 saturated heterocycles. The van der Waals surface area contributed by atoms with E-state index >= 15 is 0 Å². The molecule has 2 aromatic rings. The molecule has 0 unspecified atom stereocenters. The van der Waals surface area contributed by atoms with Gasteiger partial charge < -0.3 is 9.69 Å². The number of hydrogen-bond acceptors (Lipinski definition) is 3.